The molecular weight excluding hydrogens is 397 g/mol. The molecule has 0 aliphatic carbocycles. The molecule has 0 aliphatic rings. The van der Waals surface area contributed by atoms with Gasteiger partial charge >= 0.3 is 11.2 Å². The number of H-pyrrole nitrogens is 1. The summed E-state index contributed by atoms with van der Waals surface area (Å²) in [6.07, 6.45) is 1.19. The highest BCUT2D eigenvalue weighted by atomic mass is 35.5. The van der Waals surface area contributed by atoms with Gasteiger partial charge in [0.2, 0.25) is 0 Å². The smallest absolute Gasteiger partial charge is 0.302 e. The van der Waals surface area contributed by atoms with Crippen molar-refractivity contribution in [2.24, 2.45) is 14.1 Å². The van der Waals surface area contributed by atoms with Crippen molar-refractivity contribution in [1.82, 2.24) is 24.1 Å². The lowest BCUT2D eigenvalue weighted by Crippen LogP contribution is -2.43. The van der Waals surface area contributed by atoms with Crippen molar-refractivity contribution in [2.75, 3.05) is 0 Å². The van der Waals surface area contributed by atoms with Crippen molar-refractivity contribution < 1.29 is 0 Å². The summed E-state index contributed by atoms with van der Waals surface area (Å²) in [4.78, 5) is 49.4. The molecule has 0 atom stereocenters. The molecule has 9 nitrogen and oxygen atoms in total. The van der Waals surface area contributed by atoms with Gasteiger partial charge in [0.15, 0.2) is 5.69 Å². The van der Waals surface area contributed by atoms with Gasteiger partial charge in [-0.1, -0.05) is 29.3 Å². The van der Waals surface area contributed by atoms with Gasteiger partial charge < -0.3 is 5.10 Å². The molecule has 1 aromatic carbocycles. The Bertz CT molecular complexity index is 1270. The van der Waals surface area contributed by atoms with E-state index in [-0.39, 0.29) is 27.8 Å². The number of aromatic nitrogens is 5. The first kappa shape index (κ1) is 18.9. The highest BCUT2D eigenvalue weighted by Gasteiger charge is 2.19. The molecular formula is C16H13Cl2N5O4. The molecule has 11 heteroatoms. The summed E-state index contributed by atoms with van der Waals surface area (Å²) in [6, 6.07) is 4.78. The summed E-state index contributed by atoms with van der Waals surface area (Å²) in [6.45, 7) is -0.220. The number of aromatic amines is 1. The van der Waals surface area contributed by atoms with Crippen LogP contribution in [0.2, 0.25) is 10.0 Å². The Hall–Kier alpha value is -2.91. The summed E-state index contributed by atoms with van der Waals surface area (Å²) in [5.74, 6) is 0. The Kier molecular flexibility index (Phi) is 4.90. The minimum atomic E-state index is -0.915. The van der Waals surface area contributed by atoms with E-state index >= 15 is 0 Å². The lowest BCUT2D eigenvalue weighted by molar-refractivity contribution is 0.578. The molecule has 140 valence electrons. The molecule has 1 N–H and O–H groups in total. The summed E-state index contributed by atoms with van der Waals surface area (Å²) in [5, 5.41) is 6.96. The Morgan fingerprint density at radius 3 is 2.30 bits per heavy atom. The molecule has 3 aromatic rings. The molecule has 2 aromatic heterocycles. The Morgan fingerprint density at radius 1 is 1.04 bits per heavy atom. The Labute approximate surface area is 161 Å². The number of hydrogen-bond acceptors (Lipinski definition) is 5. The number of hydrogen-bond donors (Lipinski definition) is 1. The van der Waals surface area contributed by atoms with E-state index in [2.05, 4.69) is 10.2 Å². The van der Waals surface area contributed by atoms with E-state index in [9.17, 15) is 19.2 Å². The third-order valence-corrected chi connectivity index (χ3v) is 4.69. The third-order valence-electron chi connectivity index (χ3n) is 3.98. The molecule has 0 saturated carbocycles. The second-order valence-corrected chi connectivity index (χ2v) is 6.54. The normalized spacial score (nSPS) is 11.0. The van der Waals surface area contributed by atoms with Gasteiger partial charge in [0.25, 0.3) is 11.0 Å². The Balaban J connectivity index is 2.29. The van der Waals surface area contributed by atoms with Crippen LogP contribution in [0.1, 0.15) is 5.56 Å². The van der Waals surface area contributed by atoms with E-state index in [0.29, 0.717) is 5.56 Å². The van der Waals surface area contributed by atoms with Crippen molar-refractivity contribution >= 4 is 23.2 Å². The summed E-state index contributed by atoms with van der Waals surface area (Å²) in [7, 11) is 2.69. The third kappa shape index (κ3) is 3.26. The second-order valence-electron chi connectivity index (χ2n) is 5.73. The SMILES string of the molecule is Cn1nc(-c2c[nH]n(C)c(=O)c2=O)c(=O)n(Cc2c(Cl)cccc2Cl)c1=O. The summed E-state index contributed by atoms with van der Waals surface area (Å²) < 4.78 is 2.72. The van der Waals surface area contributed by atoms with Gasteiger partial charge in [0.1, 0.15) is 0 Å². The van der Waals surface area contributed by atoms with Crippen molar-refractivity contribution in [3.05, 3.63) is 81.4 Å². The van der Waals surface area contributed by atoms with Crippen LogP contribution in [0.3, 0.4) is 0 Å². The number of nitrogens with one attached hydrogen (secondary N) is 1. The highest BCUT2D eigenvalue weighted by Crippen LogP contribution is 2.24. The molecule has 0 amide bonds. The van der Waals surface area contributed by atoms with E-state index in [1.165, 1.54) is 20.3 Å². The number of rotatable bonds is 3. The van der Waals surface area contributed by atoms with Crippen LogP contribution in [0.25, 0.3) is 11.3 Å². The van der Waals surface area contributed by atoms with Crippen molar-refractivity contribution in [2.45, 2.75) is 6.54 Å². The lowest BCUT2D eigenvalue weighted by Gasteiger charge is -2.11. The fourth-order valence-electron chi connectivity index (χ4n) is 2.50. The van der Waals surface area contributed by atoms with E-state index in [4.69, 9.17) is 23.2 Å². The van der Waals surface area contributed by atoms with Crippen LogP contribution < -0.4 is 22.2 Å². The molecule has 0 bridgehead atoms. The van der Waals surface area contributed by atoms with Crippen LogP contribution in [0.4, 0.5) is 0 Å². The molecule has 0 aliphatic heterocycles. The van der Waals surface area contributed by atoms with Gasteiger partial charge in [-0.2, -0.15) is 5.10 Å². The fraction of sp³-hybridized carbons (Fsp3) is 0.188. The lowest BCUT2D eigenvalue weighted by atomic mass is 10.2. The maximum absolute atomic E-state index is 12.9. The van der Waals surface area contributed by atoms with Gasteiger partial charge in [0, 0.05) is 35.9 Å². The predicted octanol–water partition coefficient (Wildman–Crippen LogP) is 0.351. The minimum absolute atomic E-state index is 0.220. The van der Waals surface area contributed by atoms with Gasteiger partial charge in [0.05, 0.1) is 12.1 Å². The number of benzene rings is 1. The highest BCUT2D eigenvalue weighted by molar-refractivity contribution is 6.35. The molecule has 2 heterocycles. The van der Waals surface area contributed by atoms with Crippen LogP contribution >= 0.6 is 23.2 Å². The van der Waals surface area contributed by atoms with Crippen molar-refractivity contribution in [1.29, 1.82) is 0 Å². The Morgan fingerprint density at radius 2 is 1.67 bits per heavy atom. The van der Waals surface area contributed by atoms with Crippen LogP contribution in [0, 0.1) is 0 Å². The molecule has 0 fully saturated rings. The average Bonchev–Trinajstić information content (AvgIpc) is 2.62. The van der Waals surface area contributed by atoms with Crippen LogP contribution in [-0.4, -0.2) is 24.1 Å². The number of nitrogens with zero attached hydrogens (tertiary/aromatic N) is 4. The second kappa shape index (κ2) is 7.01. The molecule has 27 heavy (non-hydrogen) atoms. The topological polar surface area (TPSA) is 112 Å². The maximum Gasteiger partial charge on any atom is 0.347 e. The van der Waals surface area contributed by atoms with E-state index in [0.717, 1.165) is 13.9 Å². The van der Waals surface area contributed by atoms with E-state index in [1.54, 1.807) is 18.2 Å². The van der Waals surface area contributed by atoms with Crippen LogP contribution in [0.15, 0.2) is 43.6 Å². The van der Waals surface area contributed by atoms with Gasteiger partial charge in [-0.25, -0.2) is 9.48 Å². The van der Waals surface area contributed by atoms with Crippen molar-refractivity contribution in [3.8, 4) is 11.3 Å². The monoisotopic (exact) mass is 409 g/mol. The van der Waals surface area contributed by atoms with Gasteiger partial charge in [-0.15, -0.1) is 0 Å². The minimum Gasteiger partial charge on any atom is -0.302 e. The zero-order valence-electron chi connectivity index (χ0n) is 14.2. The number of halogens is 2. The van der Waals surface area contributed by atoms with Crippen LogP contribution in [-0.2, 0) is 20.6 Å². The molecule has 0 radical (unpaired) electrons. The summed E-state index contributed by atoms with van der Waals surface area (Å²) in [5.41, 5.74) is -3.54. The predicted molar refractivity (Wildman–Crippen MR) is 101 cm³/mol. The standard InChI is InChI=1S/C16H13Cl2N5O4/c1-21-15(26)13(24)8(6-19-21)12-14(25)23(16(27)22(2)20-12)7-9-10(17)4-3-5-11(9)18/h3-6,19H,7H2,1-2H3. The zero-order chi connectivity index (χ0) is 19.9. The zero-order valence-corrected chi connectivity index (χ0v) is 15.7. The molecule has 0 unspecified atom stereocenters. The van der Waals surface area contributed by atoms with E-state index in [1.807, 2.05) is 0 Å². The first-order valence-electron chi connectivity index (χ1n) is 7.62. The maximum atomic E-state index is 12.9. The molecule has 0 spiro atoms. The quantitative estimate of drug-likeness (QED) is 0.627. The van der Waals surface area contributed by atoms with E-state index < -0.39 is 22.2 Å². The van der Waals surface area contributed by atoms with Gasteiger partial charge in [-0.3, -0.25) is 23.6 Å². The molecule has 3 rings (SSSR count). The first-order chi connectivity index (χ1) is 12.7. The van der Waals surface area contributed by atoms with Crippen molar-refractivity contribution in [3.63, 3.8) is 0 Å². The number of aryl methyl sites for hydroxylation is 2. The fourth-order valence-corrected chi connectivity index (χ4v) is 3.02. The summed E-state index contributed by atoms with van der Waals surface area (Å²) >= 11 is 12.2. The first-order valence-corrected chi connectivity index (χ1v) is 8.38. The molecule has 0 saturated heterocycles. The average molecular weight is 410 g/mol. The van der Waals surface area contributed by atoms with Crippen LogP contribution in [0.5, 0.6) is 0 Å². The van der Waals surface area contributed by atoms with Gasteiger partial charge in [-0.05, 0) is 12.1 Å². The largest absolute Gasteiger partial charge is 0.347 e.